The van der Waals surface area contributed by atoms with Crippen molar-refractivity contribution in [3.63, 3.8) is 0 Å². The molecule has 100 valence electrons. The minimum Gasteiger partial charge on any atom is -0.396 e. The quantitative estimate of drug-likeness (QED) is 0.737. The Kier molecular flexibility index (Phi) is 5.92. The summed E-state index contributed by atoms with van der Waals surface area (Å²) < 4.78 is 0. The summed E-state index contributed by atoms with van der Waals surface area (Å²) in [5.74, 6) is 0.144. The molecule has 0 heterocycles. The average Bonchev–Trinajstić information content (AvgIpc) is 2.30. The van der Waals surface area contributed by atoms with Gasteiger partial charge in [0.2, 0.25) is 5.91 Å². The lowest BCUT2D eigenvalue weighted by molar-refractivity contribution is -0.132. The summed E-state index contributed by atoms with van der Waals surface area (Å²) in [7, 11) is 0. The lowest BCUT2D eigenvalue weighted by Crippen LogP contribution is -2.47. The van der Waals surface area contributed by atoms with E-state index in [4.69, 9.17) is 10.8 Å². The molecule has 0 radical (unpaired) electrons. The molecule has 0 atom stereocenters. The zero-order valence-electron chi connectivity index (χ0n) is 11.0. The van der Waals surface area contributed by atoms with E-state index in [9.17, 15) is 4.79 Å². The first-order valence-electron chi connectivity index (χ1n) is 6.79. The normalized spacial score (nSPS) is 19.0. The Morgan fingerprint density at radius 3 is 2.53 bits per heavy atom. The van der Waals surface area contributed by atoms with Crippen LogP contribution in [0.3, 0.4) is 0 Å². The van der Waals surface area contributed by atoms with Gasteiger partial charge >= 0.3 is 0 Å². The van der Waals surface area contributed by atoms with Gasteiger partial charge in [0.1, 0.15) is 0 Å². The van der Waals surface area contributed by atoms with Crippen LogP contribution in [0.1, 0.15) is 51.9 Å². The molecule has 1 saturated carbocycles. The van der Waals surface area contributed by atoms with Crippen molar-refractivity contribution in [3.8, 4) is 0 Å². The van der Waals surface area contributed by atoms with Crippen LogP contribution in [0.4, 0.5) is 0 Å². The predicted molar refractivity (Wildman–Crippen MR) is 68.6 cm³/mol. The number of hydrogen-bond donors (Lipinski definition) is 2. The van der Waals surface area contributed by atoms with Crippen molar-refractivity contribution in [2.45, 2.75) is 57.4 Å². The summed E-state index contributed by atoms with van der Waals surface area (Å²) in [6.45, 7) is 3.45. The Hall–Kier alpha value is -0.610. The third-order valence-corrected chi connectivity index (χ3v) is 3.67. The fourth-order valence-corrected chi connectivity index (χ4v) is 2.57. The molecular weight excluding hydrogens is 216 g/mol. The van der Waals surface area contributed by atoms with E-state index >= 15 is 0 Å². The molecular formula is C13H26N2O2. The molecule has 0 aliphatic heterocycles. The number of hydrogen-bond acceptors (Lipinski definition) is 3. The van der Waals surface area contributed by atoms with E-state index in [-0.39, 0.29) is 18.1 Å². The lowest BCUT2D eigenvalue weighted by atomic mass is 9.80. The van der Waals surface area contributed by atoms with Crippen LogP contribution < -0.4 is 5.73 Å². The highest BCUT2D eigenvalue weighted by Gasteiger charge is 2.31. The fourth-order valence-electron chi connectivity index (χ4n) is 2.57. The summed E-state index contributed by atoms with van der Waals surface area (Å²) in [6.07, 6.45) is 6.59. The van der Waals surface area contributed by atoms with Crippen molar-refractivity contribution in [1.29, 1.82) is 0 Å². The van der Waals surface area contributed by atoms with E-state index < -0.39 is 0 Å². The topological polar surface area (TPSA) is 66.6 Å². The Morgan fingerprint density at radius 2 is 2.00 bits per heavy atom. The smallest absolute Gasteiger partial charge is 0.224 e. The summed E-state index contributed by atoms with van der Waals surface area (Å²) in [4.78, 5) is 13.9. The van der Waals surface area contributed by atoms with Crippen LogP contribution in [0, 0.1) is 0 Å². The molecule has 0 aromatic carbocycles. The van der Waals surface area contributed by atoms with E-state index in [1.165, 1.54) is 6.42 Å². The molecule has 1 aliphatic rings. The summed E-state index contributed by atoms with van der Waals surface area (Å²) in [5.41, 5.74) is 6.01. The average molecular weight is 242 g/mol. The van der Waals surface area contributed by atoms with Gasteiger partial charge in [-0.3, -0.25) is 4.79 Å². The summed E-state index contributed by atoms with van der Waals surface area (Å²) >= 11 is 0. The number of rotatable bonds is 6. The first kappa shape index (κ1) is 14.5. The minimum atomic E-state index is -0.276. The number of nitrogens with two attached hydrogens (primary N) is 1. The van der Waals surface area contributed by atoms with Gasteiger partial charge in [-0.05, 0) is 26.2 Å². The maximum atomic E-state index is 12.1. The van der Waals surface area contributed by atoms with Crippen LogP contribution in [-0.4, -0.2) is 41.1 Å². The Morgan fingerprint density at radius 1 is 1.35 bits per heavy atom. The zero-order chi connectivity index (χ0) is 12.7. The van der Waals surface area contributed by atoms with Crippen LogP contribution in [-0.2, 0) is 4.79 Å². The second-order valence-corrected chi connectivity index (χ2v) is 5.15. The van der Waals surface area contributed by atoms with Gasteiger partial charge < -0.3 is 15.7 Å². The third kappa shape index (κ3) is 4.64. The molecule has 0 bridgehead atoms. The zero-order valence-corrected chi connectivity index (χ0v) is 11.0. The SMILES string of the molecule is CCN(CCCO)C(=O)CC1(N)CCCCC1. The van der Waals surface area contributed by atoms with Gasteiger partial charge in [-0.25, -0.2) is 0 Å². The third-order valence-electron chi connectivity index (χ3n) is 3.67. The number of carbonyl (C=O) groups excluding carboxylic acids is 1. The van der Waals surface area contributed by atoms with Gasteiger partial charge in [0.25, 0.3) is 0 Å². The van der Waals surface area contributed by atoms with E-state index in [1.54, 1.807) is 4.90 Å². The molecule has 0 aromatic heterocycles. The molecule has 17 heavy (non-hydrogen) atoms. The van der Waals surface area contributed by atoms with Gasteiger partial charge in [0, 0.05) is 31.7 Å². The molecule has 1 amide bonds. The summed E-state index contributed by atoms with van der Waals surface area (Å²) in [6, 6.07) is 0. The molecule has 0 spiro atoms. The molecule has 4 heteroatoms. The molecule has 0 unspecified atom stereocenters. The number of carbonyl (C=O) groups is 1. The molecule has 1 rings (SSSR count). The highest BCUT2D eigenvalue weighted by molar-refractivity contribution is 5.77. The van der Waals surface area contributed by atoms with E-state index in [1.807, 2.05) is 6.92 Å². The Bertz CT molecular complexity index is 238. The van der Waals surface area contributed by atoms with Crippen molar-refractivity contribution >= 4 is 5.91 Å². The van der Waals surface area contributed by atoms with E-state index in [0.717, 1.165) is 25.7 Å². The fraction of sp³-hybridized carbons (Fsp3) is 0.923. The van der Waals surface area contributed by atoms with Crippen molar-refractivity contribution in [2.24, 2.45) is 5.73 Å². The Balaban J connectivity index is 2.44. The molecule has 4 nitrogen and oxygen atoms in total. The second kappa shape index (κ2) is 6.97. The maximum Gasteiger partial charge on any atom is 0.224 e. The van der Waals surface area contributed by atoms with Crippen molar-refractivity contribution in [2.75, 3.05) is 19.7 Å². The van der Waals surface area contributed by atoms with Crippen LogP contribution in [0.15, 0.2) is 0 Å². The monoisotopic (exact) mass is 242 g/mol. The molecule has 1 aliphatic carbocycles. The van der Waals surface area contributed by atoms with Crippen molar-refractivity contribution in [3.05, 3.63) is 0 Å². The van der Waals surface area contributed by atoms with Gasteiger partial charge in [0.05, 0.1) is 0 Å². The van der Waals surface area contributed by atoms with Crippen LogP contribution in [0.5, 0.6) is 0 Å². The molecule has 0 aromatic rings. The minimum absolute atomic E-state index is 0.136. The van der Waals surface area contributed by atoms with Gasteiger partial charge in [-0.2, -0.15) is 0 Å². The number of aliphatic hydroxyl groups is 1. The largest absolute Gasteiger partial charge is 0.396 e. The number of nitrogens with zero attached hydrogens (tertiary/aromatic N) is 1. The van der Waals surface area contributed by atoms with Crippen LogP contribution >= 0.6 is 0 Å². The second-order valence-electron chi connectivity index (χ2n) is 5.15. The molecule has 3 N–H and O–H groups in total. The highest BCUT2D eigenvalue weighted by Crippen LogP contribution is 2.29. The highest BCUT2D eigenvalue weighted by atomic mass is 16.3. The molecule has 0 saturated heterocycles. The standard InChI is InChI=1S/C13H26N2O2/c1-2-15(9-6-10-16)12(17)11-13(14)7-4-3-5-8-13/h16H,2-11,14H2,1H3. The van der Waals surface area contributed by atoms with Gasteiger partial charge in [0.15, 0.2) is 0 Å². The number of amides is 1. The van der Waals surface area contributed by atoms with Gasteiger partial charge in [-0.15, -0.1) is 0 Å². The van der Waals surface area contributed by atoms with Crippen molar-refractivity contribution in [1.82, 2.24) is 4.90 Å². The lowest BCUT2D eigenvalue weighted by Gasteiger charge is -2.34. The summed E-state index contributed by atoms with van der Waals surface area (Å²) in [5, 5.41) is 8.80. The van der Waals surface area contributed by atoms with Gasteiger partial charge in [-0.1, -0.05) is 19.3 Å². The van der Waals surface area contributed by atoms with E-state index in [2.05, 4.69) is 0 Å². The first-order valence-corrected chi connectivity index (χ1v) is 6.79. The van der Waals surface area contributed by atoms with Crippen LogP contribution in [0.2, 0.25) is 0 Å². The van der Waals surface area contributed by atoms with E-state index in [0.29, 0.717) is 25.9 Å². The Labute approximate surface area is 104 Å². The number of aliphatic hydroxyl groups excluding tert-OH is 1. The molecule has 1 fully saturated rings. The first-order chi connectivity index (χ1) is 8.11. The maximum absolute atomic E-state index is 12.1. The van der Waals surface area contributed by atoms with Crippen molar-refractivity contribution < 1.29 is 9.90 Å². The predicted octanol–water partition coefficient (Wildman–Crippen LogP) is 1.27. The van der Waals surface area contributed by atoms with Crippen LogP contribution in [0.25, 0.3) is 0 Å².